The summed E-state index contributed by atoms with van der Waals surface area (Å²) in [6.07, 6.45) is 0. The molecule has 3 N–H and O–H groups in total. The molecule has 8 heteroatoms. The van der Waals surface area contributed by atoms with E-state index in [9.17, 15) is 14.7 Å². The van der Waals surface area contributed by atoms with Gasteiger partial charge in [-0.25, -0.2) is 5.43 Å². The van der Waals surface area contributed by atoms with Crippen molar-refractivity contribution < 1.29 is 14.7 Å². The minimum absolute atomic E-state index is 0.120. The summed E-state index contributed by atoms with van der Waals surface area (Å²) in [7, 11) is 0. The fraction of sp³-hybridized carbons (Fsp3) is 0.0385. The third-order valence-corrected chi connectivity index (χ3v) is 5.72. The summed E-state index contributed by atoms with van der Waals surface area (Å²) in [5.41, 5.74) is 4.78. The molecule has 0 spiro atoms. The molecule has 0 aliphatic carbocycles. The summed E-state index contributed by atoms with van der Waals surface area (Å²) in [6.45, 7) is 1.74. The van der Waals surface area contributed by atoms with Crippen molar-refractivity contribution in [1.82, 2.24) is 5.43 Å². The minimum atomic E-state index is -0.522. The maximum absolute atomic E-state index is 12.6. The Hall–Kier alpha value is -3.87. The number of carbonyl (C=O) groups is 2. The number of nitrogens with one attached hydrogen (secondary N) is 2. The molecule has 34 heavy (non-hydrogen) atoms. The maximum Gasteiger partial charge on any atom is 0.275 e. The van der Waals surface area contributed by atoms with Crippen molar-refractivity contribution in [2.75, 3.05) is 5.32 Å². The minimum Gasteiger partial charge on any atom is -0.507 e. The first kappa shape index (κ1) is 23.3. The smallest absolute Gasteiger partial charge is 0.275 e. The summed E-state index contributed by atoms with van der Waals surface area (Å²) in [6, 6.07) is 22.2. The molecule has 170 valence electrons. The molecule has 0 radical (unpaired) electrons. The van der Waals surface area contributed by atoms with E-state index in [1.807, 2.05) is 24.3 Å². The van der Waals surface area contributed by atoms with Crippen LogP contribution in [0.1, 0.15) is 33.2 Å². The zero-order chi connectivity index (χ0) is 24.2. The fourth-order valence-electron chi connectivity index (χ4n) is 3.34. The second kappa shape index (κ2) is 9.95. The SMILES string of the molecule is CC(=NNC(=O)c1cc2ccccc2cc1O)c1ccc(NC(=O)c2ccc(Cl)cc2Cl)cc1. The molecule has 0 aliphatic rings. The lowest BCUT2D eigenvalue weighted by Crippen LogP contribution is -2.19. The Labute approximate surface area is 205 Å². The number of hydrazone groups is 1. The highest BCUT2D eigenvalue weighted by atomic mass is 35.5. The Morgan fingerprint density at radius 3 is 2.18 bits per heavy atom. The van der Waals surface area contributed by atoms with Crippen LogP contribution < -0.4 is 10.7 Å². The zero-order valence-electron chi connectivity index (χ0n) is 18.0. The van der Waals surface area contributed by atoms with Crippen LogP contribution in [-0.4, -0.2) is 22.6 Å². The van der Waals surface area contributed by atoms with Gasteiger partial charge in [0.05, 0.1) is 21.9 Å². The zero-order valence-corrected chi connectivity index (χ0v) is 19.5. The number of hydrogen-bond donors (Lipinski definition) is 3. The van der Waals surface area contributed by atoms with Gasteiger partial charge >= 0.3 is 0 Å². The van der Waals surface area contributed by atoms with Gasteiger partial charge < -0.3 is 10.4 Å². The van der Waals surface area contributed by atoms with Crippen molar-refractivity contribution >= 4 is 57.2 Å². The summed E-state index contributed by atoms with van der Waals surface area (Å²) >= 11 is 12.0. The van der Waals surface area contributed by atoms with Crippen LogP contribution in [0.3, 0.4) is 0 Å². The van der Waals surface area contributed by atoms with E-state index >= 15 is 0 Å². The van der Waals surface area contributed by atoms with Crippen LogP contribution in [-0.2, 0) is 0 Å². The molecule has 0 atom stereocenters. The number of fused-ring (bicyclic) bond motifs is 1. The Bertz CT molecular complexity index is 1430. The van der Waals surface area contributed by atoms with Gasteiger partial charge in [0.2, 0.25) is 0 Å². The number of phenolic OH excluding ortho intramolecular Hbond substituents is 1. The number of halogens is 2. The summed E-state index contributed by atoms with van der Waals surface area (Å²) in [5, 5.41) is 19.5. The molecular weight excluding hydrogens is 473 g/mol. The molecule has 0 heterocycles. The van der Waals surface area contributed by atoms with Crippen LogP contribution in [0.2, 0.25) is 10.0 Å². The Morgan fingerprint density at radius 2 is 1.50 bits per heavy atom. The van der Waals surface area contributed by atoms with Crippen LogP contribution in [0.15, 0.2) is 84.0 Å². The molecule has 0 fully saturated rings. The number of anilines is 1. The number of benzene rings is 4. The average molecular weight is 492 g/mol. The van der Waals surface area contributed by atoms with E-state index in [4.69, 9.17) is 23.2 Å². The molecule has 0 bridgehead atoms. The number of amides is 2. The second-order valence-corrected chi connectivity index (χ2v) is 8.35. The number of carbonyl (C=O) groups excluding carboxylic acids is 2. The van der Waals surface area contributed by atoms with Gasteiger partial charge in [-0.05, 0) is 65.7 Å². The Morgan fingerprint density at radius 1 is 0.824 bits per heavy atom. The standard InChI is InChI=1S/C26H19Cl2N3O3/c1-15(30-31-26(34)22-12-17-4-2-3-5-18(17)13-24(22)32)16-6-9-20(10-7-16)29-25(33)21-11-8-19(27)14-23(21)28/h2-14,32H,1H3,(H,29,33)(H,31,34). The predicted molar refractivity (Wildman–Crippen MR) is 136 cm³/mol. The van der Waals surface area contributed by atoms with Crippen LogP contribution in [0, 0.1) is 0 Å². The number of rotatable bonds is 5. The Kier molecular flexibility index (Phi) is 6.82. The van der Waals surface area contributed by atoms with Crippen molar-refractivity contribution in [1.29, 1.82) is 0 Å². The summed E-state index contributed by atoms with van der Waals surface area (Å²) in [4.78, 5) is 25.0. The van der Waals surface area contributed by atoms with Crippen molar-refractivity contribution in [2.45, 2.75) is 6.92 Å². The van der Waals surface area contributed by atoms with Gasteiger partial charge in [-0.3, -0.25) is 9.59 Å². The van der Waals surface area contributed by atoms with E-state index in [1.165, 1.54) is 6.07 Å². The van der Waals surface area contributed by atoms with E-state index in [-0.39, 0.29) is 22.2 Å². The highest BCUT2D eigenvalue weighted by Gasteiger charge is 2.13. The Balaban J connectivity index is 1.43. The van der Waals surface area contributed by atoms with Gasteiger partial charge in [0.25, 0.3) is 11.8 Å². The van der Waals surface area contributed by atoms with Crippen molar-refractivity contribution in [3.8, 4) is 5.75 Å². The van der Waals surface area contributed by atoms with Gasteiger partial charge in [0.15, 0.2) is 0 Å². The highest BCUT2D eigenvalue weighted by Crippen LogP contribution is 2.25. The average Bonchev–Trinajstić information content (AvgIpc) is 2.82. The molecule has 0 unspecified atom stereocenters. The molecular formula is C26H19Cl2N3O3. The molecule has 4 rings (SSSR count). The molecule has 0 aromatic heterocycles. The largest absolute Gasteiger partial charge is 0.507 e. The van der Waals surface area contributed by atoms with E-state index in [1.54, 1.807) is 55.5 Å². The molecule has 6 nitrogen and oxygen atoms in total. The van der Waals surface area contributed by atoms with Gasteiger partial charge in [0, 0.05) is 10.7 Å². The molecule has 4 aromatic carbocycles. The third kappa shape index (κ3) is 5.20. The van der Waals surface area contributed by atoms with E-state index in [2.05, 4.69) is 15.8 Å². The van der Waals surface area contributed by atoms with Gasteiger partial charge in [-0.2, -0.15) is 5.10 Å². The number of nitrogens with zero attached hydrogens (tertiary/aromatic N) is 1. The molecule has 0 aliphatic heterocycles. The van der Waals surface area contributed by atoms with Crippen LogP contribution in [0.25, 0.3) is 10.8 Å². The predicted octanol–water partition coefficient (Wildman–Crippen LogP) is 6.26. The number of phenols is 1. The van der Waals surface area contributed by atoms with Crippen molar-refractivity contribution in [3.05, 3.63) is 106 Å². The summed E-state index contributed by atoms with van der Waals surface area (Å²) < 4.78 is 0. The first-order valence-electron chi connectivity index (χ1n) is 10.2. The quantitative estimate of drug-likeness (QED) is 0.227. The van der Waals surface area contributed by atoms with Crippen molar-refractivity contribution in [3.63, 3.8) is 0 Å². The number of aromatic hydroxyl groups is 1. The molecule has 0 saturated heterocycles. The highest BCUT2D eigenvalue weighted by molar-refractivity contribution is 6.37. The van der Waals surface area contributed by atoms with Crippen LogP contribution in [0.4, 0.5) is 5.69 Å². The second-order valence-electron chi connectivity index (χ2n) is 7.51. The third-order valence-electron chi connectivity index (χ3n) is 5.17. The van der Waals surface area contributed by atoms with Gasteiger partial charge in [-0.15, -0.1) is 0 Å². The lowest BCUT2D eigenvalue weighted by molar-refractivity contribution is 0.0951. The summed E-state index contributed by atoms with van der Waals surface area (Å²) in [5.74, 6) is -1.00. The van der Waals surface area contributed by atoms with Gasteiger partial charge in [-0.1, -0.05) is 59.6 Å². The topological polar surface area (TPSA) is 90.8 Å². The van der Waals surface area contributed by atoms with E-state index in [0.29, 0.717) is 22.0 Å². The first-order valence-corrected chi connectivity index (χ1v) is 11.0. The monoisotopic (exact) mass is 491 g/mol. The molecule has 2 amide bonds. The normalized spacial score (nSPS) is 11.3. The van der Waals surface area contributed by atoms with Gasteiger partial charge in [0.1, 0.15) is 5.75 Å². The molecule has 0 saturated carbocycles. The van der Waals surface area contributed by atoms with E-state index in [0.717, 1.165) is 16.3 Å². The molecule has 4 aromatic rings. The van der Waals surface area contributed by atoms with Crippen LogP contribution in [0.5, 0.6) is 5.75 Å². The maximum atomic E-state index is 12.6. The van der Waals surface area contributed by atoms with E-state index < -0.39 is 5.91 Å². The number of hydrogen-bond acceptors (Lipinski definition) is 4. The van der Waals surface area contributed by atoms with Crippen molar-refractivity contribution in [2.24, 2.45) is 5.10 Å². The lowest BCUT2D eigenvalue weighted by atomic mass is 10.1. The van der Waals surface area contributed by atoms with Crippen LogP contribution >= 0.6 is 23.2 Å². The fourth-order valence-corrected chi connectivity index (χ4v) is 3.83. The first-order chi connectivity index (χ1) is 16.3. The lowest BCUT2D eigenvalue weighted by Gasteiger charge is -2.09.